The van der Waals surface area contributed by atoms with Crippen LogP contribution in [0.5, 0.6) is 0 Å². The Hall–Kier alpha value is -0.150. The zero-order valence-electron chi connectivity index (χ0n) is 6.75. The van der Waals surface area contributed by atoms with E-state index in [-0.39, 0.29) is 10.3 Å². The van der Waals surface area contributed by atoms with Gasteiger partial charge in [0.2, 0.25) is 0 Å². The largest absolute Gasteiger partial charge is 0.389 e. The SMILES string of the molecule is F.OC1(CN2CCCC2)CC1. The highest BCUT2D eigenvalue weighted by Crippen LogP contribution is 2.36. The Morgan fingerprint density at radius 1 is 1.18 bits per heavy atom. The van der Waals surface area contributed by atoms with Crippen molar-refractivity contribution in [2.24, 2.45) is 0 Å². The van der Waals surface area contributed by atoms with E-state index in [1.165, 1.54) is 25.9 Å². The number of rotatable bonds is 2. The first-order valence-electron chi connectivity index (χ1n) is 4.23. The van der Waals surface area contributed by atoms with Crippen molar-refractivity contribution >= 4 is 0 Å². The minimum Gasteiger partial charge on any atom is -0.389 e. The van der Waals surface area contributed by atoms with E-state index >= 15 is 0 Å². The third-order valence-electron chi connectivity index (χ3n) is 2.54. The average Bonchev–Trinajstić information content (AvgIpc) is 2.47. The summed E-state index contributed by atoms with van der Waals surface area (Å²) in [6.07, 6.45) is 4.72. The van der Waals surface area contributed by atoms with E-state index < -0.39 is 0 Å². The maximum atomic E-state index is 9.55. The molecule has 66 valence electrons. The summed E-state index contributed by atoms with van der Waals surface area (Å²) in [7, 11) is 0. The Morgan fingerprint density at radius 2 is 1.73 bits per heavy atom. The predicted octanol–water partition coefficient (Wildman–Crippen LogP) is 0.760. The fourth-order valence-electron chi connectivity index (χ4n) is 1.66. The minimum atomic E-state index is -0.260. The van der Waals surface area contributed by atoms with Gasteiger partial charge in [0, 0.05) is 6.54 Å². The lowest BCUT2D eigenvalue weighted by molar-refractivity contribution is 0.103. The zero-order chi connectivity index (χ0) is 7.03. The second-order valence-corrected chi connectivity index (χ2v) is 3.71. The molecule has 0 aromatic carbocycles. The number of nitrogens with zero attached hydrogens (tertiary/aromatic N) is 1. The summed E-state index contributed by atoms with van der Waals surface area (Å²) in [6, 6.07) is 0. The molecule has 0 bridgehead atoms. The van der Waals surface area contributed by atoms with Crippen molar-refractivity contribution in [1.82, 2.24) is 4.90 Å². The Morgan fingerprint density at radius 3 is 2.18 bits per heavy atom. The van der Waals surface area contributed by atoms with Crippen molar-refractivity contribution in [1.29, 1.82) is 0 Å². The molecule has 2 aliphatic rings. The van der Waals surface area contributed by atoms with Crippen molar-refractivity contribution < 1.29 is 9.81 Å². The van der Waals surface area contributed by atoms with E-state index in [9.17, 15) is 5.11 Å². The Labute approximate surface area is 66.6 Å². The zero-order valence-corrected chi connectivity index (χ0v) is 6.75. The number of hydrogen-bond donors (Lipinski definition) is 1. The molecule has 11 heavy (non-hydrogen) atoms. The molecular weight excluding hydrogens is 145 g/mol. The van der Waals surface area contributed by atoms with Crippen LogP contribution in [-0.4, -0.2) is 35.2 Å². The van der Waals surface area contributed by atoms with Crippen LogP contribution in [0.15, 0.2) is 0 Å². The van der Waals surface area contributed by atoms with Crippen LogP contribution in [-0.2, 0) is 0 Å². The molecule has 0 aromatic rings. The van der Waals surface area contributed by atoms with Gasteiger partial charge in [-0.2, -0.15) is 0 Å². The van der Waals surface area contributed by atoms with Crippen LogP contribution in [0.25, 0.3) is 0 Å². The number of likely N-dealkylation sites (tertiary alicyclic amines) is 1. The van der Waals surface area contributed by atoms with Gasteiger partial charge in [0.05, 0.1) is 5.60 Å². The van der Waals surface area contributed by atoms with Crippen LogP contribution in [0.4, 0.5) is 4.70 Å². The van der Waals surface area contributed by atoms with E-state index in [1.54, 1.807) is 0 Å². The topological polar surface area (TPSA) is 23.5 Å². The molecule has 1 saturated heterocycles. The molecule has 3 heteroatoms. The second-order valence-electron chi connectivity index (χ2n) is 3.71. The van der Waals surface area contributed by atoms with Crippen molar-refractivity contribution in [3.05, 3.63) is 0 Å². The predicted molar refractivity (Wildman–Crippen MR) is 42.4 cm³/mol. The molecule has 0 atom stereocenters. The van der Waals surface area contributed by atoms with Crippen molar-refractivity contribution in [2.45, 2.75) is 31.3 Å². The molecule has 0 amide bonds. The highest BCUT2D eigenvalue weighted by Gasteiger charge is 2.41. The average molecular weight is 161 g/mol. The van der Waals surface area contributed by atoms with Crippen LogP contribution >= 0.6 is 0 Å². The van der Waals surface area contributed by atoms with Crippen molar-refractivity contribution in [3.63, 3.8) is 0 Å². The quantitative estimate of drug-likeness (QED) is 0.646. The number of hydrogen-bond acceptors (Lipinski definition) is 2. The number of aliphatic hydroxyl groups is 1. The first-order valence-corrected chi connectivity index (χ1v) is 4.23. The Bertz CT molecular complexity index is 130. The molecule has 0 aromatic heterocycles. The Balaban J connectivity index is 0.000000605. The summed E-state index contributed by atoms with van der Waals surface area (Å²) in [5.41, 5.74) is -0.260. The second kappa shape index (κ2) is 3.07. The normalized spacial score (nSPS) is 28.1. The van der Waals surface area contributed by atoms with Crippen LogP contribution < -0.4 is 0 Å². The molecule has 1 saturated carbocycles. The molecule has 0 spiro atoms. The van der Waals surface area contributed by atoms with Gasteiger partial charge in [-0.25, -0.2) is 0 Å². The molecule has 0 unspecified atom stereocenters. The summed E-state index contributed by atoms with van der Waals surface area (Å²) in [5.74, 6) is 0. The van der Waals surface area contributed by atoms with E-state index in [0.717, 1.165) is 19.4 Å². The van der Waals surface area contributed by atoms with Gasteiger partial charge in [-0.15, -0.1) is 0 Å². The minimum absolute atomic E-state index is 0. The van der Waals surface area contributed by atoms with Crippen LogP contribution in [0.2, 0.25) is 0 Å². The summed E-state index contributed by atoms with van der Waals surface area (Å²) < 4.78 is 0. The molecule has 0 radical (unpaired) electrons. The first kappa shape index (κ1) is 8.94. The van der Waals surface area contributed by atoms with Crippen LogP contribution in [0, 0.1) is 0 Å². The monoisotopic (exact) mass is 161 g/mol. The lowest BCUT2D eigenvalue weighted by atomic mass is 10.3. The lowest BCUT2D eigenvalue weighted by Crippen LogP contribution is -2.31. The van der Waals surface area contributed by atoms with Gasteiger partial charge >= 0.3 is 0 Å². The van der Waals surface area contributed by atoms with Crippen molar-refractivity contribution in [3.8, 4) is 0 Å². The molecular formula is C8H16FNO. The lowest BCUT2D eigenvalue weighted by Gasteiger charge is -2.17. The third kappa shape index (κ3) is 2.14. The van der Waals surface area contributed by atoms with Gasteiger partial charge in [-0.1, -0.05) is 0 Å². The smallest absolute Gasteiger partial charge is 0.0776 e. The summed E-state index contributed by atoms with van der Waals surface area (Å²) in [6.45, 7) is 3.36. The van der Waals surface area contributed by atoms with E-state index in [4.69, 9.17) is 0 Å². The number of β-amino-alcohol motifs (C(OH)–C–C–N with tert-alkyl or cyclic N) is 1. The molecule has 2 rings (SSSR count). The van der Waals surface area contributed by atoms with Gasteiger partial charge in [-0.05, 0) is 38.8 Å². The maximum Gasteiger partial charge on any atom is 0.0776 e. The fraction of sp³-hybridized carbons (Fsp3) is 1.00. The molecule has 1 aliphatic heterocycles. The van der Waals surface area contributed by atoms with Crippen LogP contribution in [0.3, 0.4) is 0 Å². The van der Waals surface area contributed by atoms with Crippen molar-refractivity contribution in [2.75, 3.05) is 19.6 Å². The van der Waals surface area contributed by atoms with E-state index in [0.29, 0.717) is 0 Å². The van der Waals surface area contributed by atoms with E-state index in [2.05, 4.69) is 4.90 Å². The highest BCUT2D eigenvalue weighted by atomic mass is 19.0. The molecule has 2 nitrogen and oxygen atoms in total. The number of halogens is 1. The fourth-order valence-corrected chi connectivity index (χ4v) is 1.66. The highest BCUT2D eigenvalue weighted by molar-refractivity contribution is 4.96. The van der Waals surface area contributed by atoms with Gasteiger partial charge in [-0.3, -0.25) is 4.70 Å². The van der Waals surface area contributed by atoms with Crippen LogP contribution in [0.1, 0.15) is 25.7 Å². The maximum absolute atomic E-state index is 9.55. The summed E-state index contributed by atoms with van der Waals surface area (Å²) in [5, 5.41) is 9.55. The standard InChI is InChI=1S/C8H15NO.FH/c10-8(3-4-8)7-9-5-1-2-6-9;/h10H,1-7H2;1H. The molecule has 2 fully saturated rings. The molecule has 1 aliphatic carbocycles. The third-order valence-corrected chi connectivity index (χ3v) is 2.54. The van der Waals surface area contributed by atoms with E-state index in [1.807, 2.05) is 0 Å². The first-order chi connectivity index (χ1) is 4.79. The Kier molecular flexibility index (Phi) is 2.50. The van der Waals surface area contributed by atoms with Gasteiger partial charge in [0.1, 0.15) is 0 Å². The van der Waals surface area contributed by atoms with Gasteiger partial charge in [0.25, 0.3) is 0 Å². The van der Waals surface area contributed by atoms with Gasteiger partial charge < -0.3 is 10.0 Å². The van der Waals surface area contributed by atoms with Gasteiger partial charge in [0.15, 0.2) is 0 Å². The molecule has 1 N–H and O–H groups in total. The summed E-state index contributed by atoms with van der Waals surface area (Å²) >= 11 is 0. The molecule has 1 heterocycles. The summed E-state index contributed by atoms with van der Waals surface area (Å²) in [4.78, 5) is 2.38.